The van der Waals surface area contributed by atoms with Gasteiger partial charge in [0.25, 0.3) is 0 Å². The Hall–Kier alpha value is -0.570. The van der Waals surface area contributed by atoms with E-state index >= 15 is 0 Å². The van der Waals surface area contributed by atoms with E-state index in [2.05, 4.69) is 31.0 Å². The number of hydrogen-bond acceptors (Lipinski definition) is 2. The van der Waals surface area contributed by atoms with Crippen LogP contribution in [0.2, 0.25) is 0 Å². The third kappa shape index (κ3) is 3.95. The maximum atomic E-state index is 12.6. The minimum atomic E-state index is 0.270. The van der Waals surface area contributed by atoms with Crippen LogP contribution in [-0.2, 0) is 4.79 Å². The maximum Gasteiger partial charge on any atom is 0.225 e. The average Bonchev–Trinajstić information content (AvgIpc) is 2.63. The Morgan fingerprint density at radius 3 is 2.68 bits per heavy atom. The first-order chi connectivity index (χ1) is 9.08. The Bertz CT molecular complexity index is 303. The van der Waals surface area contributed by atoms with Crippen LogP contribution in [0.4, 0.5) is 0 Å². The second kappa shape index (κ2) is 6.74. The largest absolute Gasteiger partial charge is 0.342 e. The molecule has 2 rings (SSSR count). The molecule has 2 saturated heterocycles. The van der Waals surface area contributed by atoms with Crippen LogP contribution >= 0.6 is 0 Å². The second-order valence-corrected chi connectivity index (χ2v) is 6.84. The average molecular weight is 266 g/mol. The first-order valence-corrected chi connectivity index (χ1v) is 8.10. The molecule has 0 aromatic rings. The van der Waals surface area contributed by atoms with Crippen molar-refractivity contribution in [2.24, 2.45) is 17.8 Å². The van der Waals surface area contributed by atoms with Crippen molar-refractivity contribution in [2.75, 3.05) is 19.6 Å². The molecular formula is C16H30N2O. The van der Waals surface area contributed by atoms with Crippen molar-refractivity contribution in [1.29, 1.82) is 0 Å². The van der Waals surface area contributed by atoms with Crippen LogP contribution in [0.3, 0.4) is 0 Å². The molecule has 0 radical (unpaired) electrons. The molecule has 3 atom stereocenters. The van der Waals surface area contributed by atoms with Crippen molar-refractivity contribution in [1.82, 2.24) is 10.2 Å². The number of carbonyl (C=O) groups excluding carboxylic acids is 1. The zero-order chi connectivity index (χ0) is 13.8. The fourth-order valence-corrected chi connectivity index (χ4v) is 3.62. The third-order valence-corrected chi connectivity index (χ3v) is 5.00. The number of rotatable bonds is 2. The number of amides is 1. The summed E-state index contributed by atoms with van der Waals surface area (Å²) in [6, 6.07) is 0.498. The van der Waals surface area contributed by atoms with Crippen molar-refractivity contribution >= 4 is 5.91 Å². The summed E-state index contributed by atoms with van der Waals surface area (Å²) < 4.78 is 0. The van der Waals surface area contributed by atoms with Crippen LogP contribution in [0.25, 0.3) is 0 Å². The number of likely N-dealkylation sites (tertiary alicyclic amines) is 1. The molecule has 3 heteroatoms. The minimum absolute atomic E-state index is 0.270. The smallest absolute Gasteiger partial charge is 0.225 e. The summed E-state index contributed by atoms with van der Waals surface area (Å²) in [7, 11) is 0. The van der Waals surface area contributed by atoms with Crippen molar-refractivity contribution < 1.29 is 4.79 Å². The van der Waals surface area contributed by atoms with Crippen LogP contribution in [0.1, 0.15) is 52.9 Å². The molecule has 0 bridgehead atoms. The number of piperidine rings is 1. The van der Waals surface area contributed by atoms with Crippen LogP contribution in [-0.4, -0.2) is 36.5 Å². The van der Waals surface area contributed by atoms with Crippen LogP contribution in [0.5, 0.6) is 0 Å². The van der Waals surface area contributed by atoms with E-state index in [-0.39, 0.29) is 5.92 Å². The molecule has 19 heavy (non-hydrogen) atoms. The lowest BCUT2D eigenvalue weighted by atomic mass is 9.89. The standard InChI is InChI=1S/C16H30N2O/c1-12(2)14-5-4-9-18(10-7-14)16(19)15-6-8-17-13(3)11-15/h12-15,17H,4-11H2,1-3H3. The first-order valence-electron chi connectivity index (χ1n) is 8.10. The summed E-state index contributed by atoms with van der Waals surface area (Å²) in [5.74, 6) is 2.27. The van der Waals surface area contributed by atoms with E-state index in [4.69, 9.17) is 0 Å². The van der Waals surface area contributed by atoms with Crippen LogP contribution in [0, 0.1) is 17.8 Å². The molecule has 0 saturated carbocycles. The number of hydrogen-bond donors (Lipinski definition) is 1. The van der Waals surface area contributed by atoms with Crippen molar-refractivity contribution in [3.63, 3.8) is 0 Å². The highest BCUT2D eigenvalue weighted by atomic mass is 16.2. The highest BCUT2D eigenvalue weighted by molar-refractivity contribution is 5.79. The maximum absolute atomic E-state index is 12.6. The van der Waals surface area contributed by atoms with Gasteiger partial charge in [0.05, 0.1) is 0 Å². The van der Waals surface area contributed by atoms with Gasteiger partial charge in [-0.2, -0.15) is 0 Å². The molecule has 3 unspecified atom stereocenters. The SMILES string of the molecule is CC1CC(C(=O)N2CCCC(C(C)C)CC2)CCN1. The minimum Gasteiger partial charge on any atom is -0.342 e. The van der Waals surface area contributed by atoms with E-state index in [9.17, 15) is 4.79 Å². The van der Waals surface area contributed by atoms with Crippen molar-refractivity contribution in [2.45, 2.75) is 58.9 Å². The van der Waals surface area contributed by atoms with Gasteiger partial charge in [0, 0.05) is 25.0 Å². The molecule has 2 fully saturated rings. The molecule has 2 heterocycles. The van der Waals surface area contributed by atoms with Gasteiger partial charge in [0.15, 0.2) is 0 Å². The van der Waals surface area contributed by atoms with Gasteiger partial charge in [0.1, 0.15) is 0 Å². The highest BCUT2D eigenvalue weighted by Crippen LogP contribution is 2.26. The Labute approximate surface area is 118 Å². The molecule has 0 aliphatic carbocycles. The monoisotopic (exact) mass is 266 g/mol. The predicted octanol–water partition coefficient (Wildman–Crippen LogP) is 2.66. The van der Waals surface area contributed by atoms with Gasteiger partial charge in [-0.25, -0.2) is 0 Å². The van der Waals surface area contributed by atoms with E-state index in [1.165, 1.54) is 19.3 Å². The fourth-order valence-electron chi connectivity index (χ4n) is 3.62. The van der Waals surface area contributed by atoms with Gasteiger partial charge in [-0.1, -0.05) is 13.8 Å². The summed E-state index contributed by atoms with van der Waals surface area (Å²) in [5, 5.41) is 3.43. The molecule has 1 N–H and O–H groups in total. The Morgan fingerprint density at radius 2 is 2.00 bits per heavy atom. The van der Waals surface area contributed by atoms with E-state index in [0.29, 0.717) is 11.9 Å². The third-order valence-electron chi connectivity index (χ3n) is 5.00. The fraction of sp³-hybridized carbons (Fsp3) is 0.938. The van der Waals surface area contributed by atoms with E-state index in [0.717, 1.165) is 44.3 Å². The molecule has 2 aliphatic rings. The van der Waals surface area contributed by atoms with Gasteiger partial charge in [-0.15, -0.1) is 0 Å². The number of carbonyl (C=O) groups is 1. The van der Waals surface area contributed by atoms with Crippen molar-refractivity contribution in [3.8, 4) is 0 Å². The predicted molar refractivity (Wildman–Crippen MR) is 78.9 cm³/mol. The van der Waals surface area contributed by atoms with E-state index in [1.807, 2.05) is 0 Å². The van der Waals surface area contributed by atoms with Crippen molar-refractivity contribution in [3.05, 3.63) is 0 Å². The van der Waals surface area contributed by atoms with E-state index < -0.39 is 0 Å². The normalized spacial score (nSPS) is 33.3. The summed E-state index contributed by atoms with van der Waals surface area (Å²) in [6.45, 7) is 9.80. The van der Waals surface area contributed by atoms with E-state index in [1.54, 1.807) is 0 Å². The summed E-state index contributed by atoms with van der Waals surface area (Å²) in [4.78, 5) is 14.8. The zero-order valence-electron chi connectivity index (χ0n) is 12.8. The summed E-state index contributed by atoms with van der Waals surface area (Å²) in [5.41, 5.74) is 0. The number of nitrogens with zero attached hydrogens (tertiary/aromatic N) is 1. The molecular weight excluding hydrogens is 236 g/mol. The molecule has 2 aliphatic heterocycles. The second-order valence-electron chi connectivity index (χ2n) is 6.84. The van der Waals surface area contributed by atoms with Crippen LogP contribution in [0.15, 0.2) is 0 Å². The van der Waals surface area contributed by atoms with Gasteiger partial charge < -0.3 is 10.2 Å². The summed E-state index contributed by atoms with van der Waals surface area (Å²) >= 11 is 0. The van der Waals surface area contributed by atoms with Gasteiger partial charge in [0.2, 0.25) is 5.91 Å². The molecule has 3 nitrogen and oxygen atoms in total. The number of nitrogens with one attached hydrogen (secondary N) is 1. The molecule has 0 aromatic heterocycles. The lowest BCUT2D eigenvalue weighted by molar-refractivity contribution is -0.136. The molecule has 0 aromatic carbocycles. The quantitative estimate of drug-likeness (QED) is 0.833. The van der Waals surface area contributed by atoms with Gasteiger partial charge in [-0.3, -0.25) is 4.79 Å². The Balaban J connectivity index is 1.88. The molecule has 0 spiro atoms. The Morgan fingerprint density at radius 1 is 1.21 bits per heavy atom. The Kier molecular flexibility index (Phi) is 5.26. The van der Waals surface area contributed by atoms with Gasteiger partial charge >= 0.3 is 0 Å². The summed E-state index contributed by atoms with van der Waals surface area (Å²) in [6.07, 6.45) is 5.72. The van der Waals surface area contributed by atoms with Gasteiger partial charge in [-0.05, 0) is 57.4 Å². The zero-order valence-corrected chi connectivity index (χ0v) is 12.8. The lowest BCUT2D eigenvalue weighted by Gasteiger charge is -2.31. The molecule has 110 valence electrons. The van der Waals surface area contributed by atoms with Crippen LogP contribution < -0.4 is 5.32 Å². The highest BCUT2D eigenvalue weighted by Gasteiger charge is 2.30. The topological polar surface area (TPSA) is 32.3 Å². The first kappa shape index (κ1) is 14.8. The lowest BCUT2D eigenvalue weighted by Crippen LogP contribution is -2.44. The molecule has 1 amide bonds.